The van der Waals surface area contributed by atoms with E-state index in [1.165, 1.54) is 18.4 Å². The molecule has 0 spiro atoms. The maximum atomic E-state index is 12.5. The fraction of sp³-hybridized carbons (Fsp3) is 0.111. The fourth-order valence-corrected chi connectivity index (χ4v) is 2.21. The second-order valence-corrected chi connectivity index (χ2v) is 5.31. The minimum atomic E-state index is -4.41. The Morgan fingerprint density at radius 3 is 2.36 bits per heavy atom. The van der Waals surface area contributed by atoms with Crippen molar-refractivity contribution in [3.8, 4) is 11.5 Å². The van der Waals surface area contributed by atoms with Crippen molar-refractivity contribution in [2.75, 3.05) is 5.32 Å². The van der Waals surface area contributed by atoms with Crippen molar-refractivity contribution in [2.45, 2.75) is 12.6 Å². The Morgan fingerprint density at radius 1 is 1.04 bits per heavy atom. The van der Waals surface area contributed by atoms with Gasteiger partial charge in [-0.25, -0.2) is 4.98 Å². The zero-order valence-corrected chi connectivity index (χ0v) is 12.9. The molecule has 2 aromatic carbocycles. The molecule has 0 saturated carbocycles. The summed E-state index contributed by atoms with van der Waals surface area (Å²) in [5.74, 6) is 0.00519. The number of aromatic nitrogens is 1. The smallest absolute Gasteiger partial charge is 0.416 e. The standard InChI is InChI=1S/C18H13F3N2O2/c19-18(20,21)13-6-8-14(9-7-13)22-16(24)10-15-11-25-17(23-15)12-4-2-1-3-5-12/h1-9,11H,10H2,(H,22,24). The molecule has 3 aromatic rings. The molecule has 7 heteroatoms. The van der Waals surface area contributed by atoms with Crippen LogP contribution >= 0.6 is 0 Å². The van der Waals surface area contributed by atoms with Gasteiger partial charge in [0.1, 0.15) is 6.26 Å². The van der Waals surface area contributed by atoms with Crippen LogP contribution in [0.3, 0.4) is 0 Å². The van der Waals surface area contributed by atoms with E-state index < -0.39 is 17.6 Å². The highest BCUT2D eigenvalue weighted by Gasteiger charge is 2.29. The van der Waals surface area contributed by atoms with Crippen LogP contribution in [0.5, 0.6) is 0 Å². The van der Waals surface area contributed by atoms with Gasteiger partial charge in [-0.1, -0.05) is 18.2 Å². The van der Waals surface area contributed by atoms with Gasteiger partial charge in [-0.2, -0.15) is 13.2 Å². The van der Waals surface area contributed by atoms with Crippen LogP contribution in [-0.4, -0.2) is 10.9 Å². The van der Waals surface area contributed by atoms with Gasteiger partial charge in [-0.3, -0.25) is 4.79 Å². The molecule has 25 heavy (non-hydrogen) atoms. The van der Waals surface area contributed by atoms with Crippen molar-refractivity contribution in [1.29, 1.82) is 0 Å². The summed E-state index contributed by atoms with van der Waals surface area (Å²) >= 11 is 0. The summed E-state index contributed by atoms with van der Waals surface area (Å²) in [5.41, 5.74) is 0.736. The van der Waals surface area contributed by atoms with E-state index in [0.29, 0.717) is 11.6 Å². The van der Waals surface area contributed by atoms with E-state index in [1.807, 2.05) is 30.3 Å². The van der Waals surface area contributed by atoms with E-state index in [1.54, 1.807) is 0 Å². The van der Waals surface area contributed by atoms with Crippen LogP contribution in [-0.2, 0) is 17.4 Å². The summed E-state index contributed by atoms with van der Waals surface area (Å²) in [6.45, 7) is 0. The van der Waals surface area contributed by atoms with E-state index >= 15 is 0 Å². The molecule has 0 fully saturated rings. The largest absolute Gasteiger partial charge is 0.444 e. The molecule has 0 aliphatic rings. The molecule has 0 bridgehead atoms. The molecule has 0 aliphatic carbocycles. The van der Waals surface area contributed by atoms with Gasteiger partial charge in [0.2, 0.25) is 11.8 Å². The number of halogens is 3. The molecular formula is C18H13F3N2O2. The monoisotopic (exact) mass is 346 g/mol. The minimum absolute atomic E-state index is 0.0443. The van der Waals surface area contributed by atoms with Gasteiger partial charge in [-0.15, -0.1) is 0 Å². The predicted molar refractivity (Wildman–Crippen MR) is 85.7 cm³/mol. The number of benzene rings is 2. The average molecular weight is 346 g/mol. The van der Waals surface area contributed by atoms with Gasteiger partial charge in [0.25, 0.3) is 0 Å². The quantitative estimate of drug-likeness (QED) is 0.754. The van der Waals surface area contributed by atoms with Gasteiger partial charge in [0.05, 0.1) is 17.7 Å². The second-order valence-electron chi connectivity index (χ2n) is 5.31. The Hall–Kier alpha value is -3.09. The molecule has 128 valence electrons. The highest BCUT2D eigenvalue weighted by molar-refractivity contribution is 5.92. The number of hydrogen-bond donors (Lipinski definition) is 1. The Bertz CT molecular complexity index is 856. The van der Waals surface area contributed by atoms with E-state index in [-0.39, 0.29) is 12.1 Å². The number of alkyl halides is 3. The maximum absolute atomic E-state index is 12.5. The van der Waals surface area contributed by atoms with Crippen LogP contribution in [0, 0.1) is 0 Å². The number of nitrogens with one attached hydrogen (secondary N) is 1. The zero-order valence-electron chi connectivity index (χ0n) is 12.9. The van der Waals surface area contributed by atoms with E-state index in [4.69, 9.17) is 4.42 Å². The Balaban J connectivity index is 1.62. The Labute approximate surface area is 141 Å². The van der Waals surface area contributed by atoms with Crippen LogP contribution < -0.4 is 5.32 Å². The van der Waals surface area contributed by atoms with Crippen molar-refractivity contribution in [3.63, 3.8) is 0 Å². The van der Waals surface area contributed by atoms with Crippen molar-refractivity contribution in [1.82, 2.24) is 4.98 Å². The molecule has 0 unspecified atom stereocenters. The van der Waals surface area contributed by atoms with E-state index in [2.05, 4.69) is 10.3 Å². The number of oxazole rings is 1. The molecule has 0 aliphatic heterocycles. The number of rotatable bonds is 4. The third-order valence-corrected chi connectivity index (χ3v) is 3.41. The number of hydrogen-bond acceptors (Lipinski definition) is 3. The fourth-order valence-electron chi connectivity index (χ4n) is 2.21. The summed E-state index contributed by atoms with van der Waals surface area (Å²) in [4.78, 5) is 16.2. The first kappa shape index (κ1) is 16.8. The lowest BCUT2D eigenvalue weighted by atomic mass is 10.2. The van der Waals surface area contributed by atoms with Gasteiger partial charge in [-0.05, 0) is 36.4 Å². The summed E-state index contributed by atoms with van der Waals surface area (Å²) < 4.78 is 42.9. The molecule has 0 saturated heterocycles. The van der Waals surface area contributed by atoms with Crippen molar-refractivity contribution < 1.29 is 22.4 Å². The highest BCUT2D eigenvalue weighted by Crippen LogP contribution is 2.29. The lowest BCUT2D eigenvalue weighted by Gasteiger charge is -2.08. The van der Waals surface area contributed by atoms with Gasteiger partial charge in [0, 0.05) is 11.3 Å². The topological polar surface area (TPSA) is 55.1 Å². The number of nitrogens with zero attached hydrogens (tertiary/aromatic N) is 1. The van der Waals surface area contributed by atoms with E-state index in [9.17, 15) is 18.0 Å². The van der Waals surface area contributed by atoms with Crippen molar-refractivity contribution in [2.24, 2.45) is 0 Å². The summed E-state index contributed by atoms with van der Waals surface area (Å²) in [5, 5.41) is 2.53. The molecule has 1 aromatic heterocycles. The first-order chi connectivity index (χ1) is 11.9. The number of amides is 1. The molecular weight excluding hydrogens is 333 g/mol. The molecule has 0 radical (unpaired) electrons. The van der Waals surface area contributed by atoms with Crippen molar-refractivity contribution >= 4 is 11.6 Å². The molecule has 4 nitrogen and oxygen atoms in total. The van der Waals surface area contributed by atoms with Crippen LogP contribution in [0.2, 0.25) is 0 Å². The van der Waals surface area contributed by atoms with Gasteiger partial charge in [0.15, 0.2) is 0 Å². The molecule has 1 N–H and O–H groups in total. The Kier molecular flexibility index (Phi) is 4.56. The normalized spacial score (nSPS) is 11.3. The molecule has 0 atom stereocenters. The van der Waals surface area contributed by atoms with Crippen LogP contribution in [0.4, 0.5) is 18.9 Å². The maximum Gasteiger partial charge on any atom is 0.416 e. The molecule has 3 rings (SSSR count). The summed E-state index contributed by atoms with van der Waals surface area (Å²) in [6.07, 6.45) is -3.07. The summed E-state index contributed by atoms with van der Waals surface area (Å²) in [6, 6.07) is 13.5. The van der Waals surface area contributed by atoms with Gasteiger partial charge < -0.3 is 9.73 Å². The Morgan fingerprint density at radius 2 is 1.72 bits per heavy atom. The van der Waals surface area contributed by atoms with E-state index in [0.717, 1.165) is 17.7 Å². The molecule has 1 heterocycles. The van der Waals surface area contributed by atoms with Crippen LogP contribution in [0.25, 0.3) is 11.5 Å². The SMILES string of the molecule is O=C(Cc1coc(-c2ccccc2)n1)Nc1ccc(C(F)(F)F)cc1. The number of carbonyl (C=O) groups excluding carboxylic acids is 1. The zero-order chi connectivity index (χ0) is 17.9. The number of anilines is 1. The van der Waals surface area contributed by atoms with Crippen LogP contribution in [0.15, 0.2) is 65.3 Å². The lowest BCUT2D eigenvalue weighted by Crippen LogP contribution is -2.15. The lowest BCUT2D eigenvalue weighted by molar-refractivity contribution is -0.137. The first-order valence-corrected chi connectivity index (χ1v) is 7.39. The third kappa shape index (κ3) is 4.26. The third-order valence-electron chi connectivity index (χ3n) is 3.41. The van der Waals surface area contributed by atoms with Crippen molar-refractivity contribution in [3.05, 3.63) is 72.1 Å². The van der Waals surface area contributed by atoms with Crippen LogP contribution in [0.1, 0.15) is 11.3 Å². The molecule has 1 amide bonds. The highest BCUT2D eigenvalue weighted by atomic mass is 19.4. The first-order valence-electron chi connectivity index (χ1n) is 7.39. The number of carbonyl (C=O) groups is 1. The minimum Gasteiger partial charge on any atom is -0.444 e. The average Bonchev–Trinajstić information content (AvgIpc) is 3.03. The predicted octanol–water partition coefficient (Wildman–Crippen LogP) is 4.54. The van der Waals surface area contributed by atoms with Gasteiger partial charge >= 0.3 is 6.18 Å². The summed E-state index contributed by atoms with van der Waals surface area (Å²) in [7, 11) is 0. The second kappa shape index (κ2) is 6.80.